The second-order valence-electron chi connectivity index (χ2n) is 8.22. The molecular weight excluding hydrogens is 474 g/mol. The summed E-state index contributed by atoms with van der Waals surface area (Å²) < 4.78 is 45.3. The van der Waals surface area contributed by atoms with Crippen molar-refractivity contribution in [2.75, 3.05) is 33.1 Å². The molecule has 0 bridgehead atoms. The average Bonchev–Trinajstić information content (AvgIpc) is 3.36. The maximum Gasteiger partial charge on any atom is 0.257 e. The van der Waals surface area contributed by atoms with Crippen molar-refractivity contribution in [3.05, 3.63) is 63.9 Å². The molecule has 2 aliphatic rings. The Balaban J connectivity index is 1.46. The normalized spacial score (nSPS) is 15.9. The summed E-state index contributed by atoms with van der Waals surface area (Å²) in [4.78, 5) is 26.3. The number of fused-ring (bicyclic) bond motifs is 2. The number of morpholine rings is 1. The number of ether oxygens (including phenoxy) is 3. The van der Waals surface area contributed by atoms with Gasteiger partial charge in [-0.2, -0.15) is 4.31 Å². The largest absolute Gasteiger partial charge is 0.454 e. The number of hydrogen-bond acceptors (Lipinski definition) is 7. The summed E-state index contributed by atoms with van der Waals surface area (Å²) >= 11 is 0. The van der Waals surface area contributed by atoms with Crippen LogP contribution in [0, 0.1) is 0 Å². The van der Waals surface area contributed by atoms with Crippen LogP contribution in [0.2, 0.25) is 0 Å². The van der Waals surface area contributed by atoms with Gasteiger partial charge in [0.25, 0.3) is 5.91 Å². The predicted octanol–water partition coefficient (Wildman–Crippen LogP) is 1.70. The van der Waals surface area contributed by atoms with Crippen LogP contribution in [-0.2, 0) is 27.8 Å². The van der Waals surface area contributed by atoms with Gasteiger partial charge in [0, 0.05) is 37.8 Å². The molecule has 5 rings (SSSR count). The van der Waals surface area contributed by atoms with E-state index in [0.29, 0.717) is 36.8 Å². The van der Waals surface area contributed by atoms with Gasteiger partial charge in [0.1, 0.15) is 5.56 Å². The van der Waals surface area contributed by atoms with Crippen molar-refractivity contribution in [3.8, 4) is 11.5 Å². The van der Waals surface area contributed by atoms with Gasteiger partial charge in [-0.1, -0.05) is 6.07 Å². The molecular formula is C24H25N3O7S. The van der Waals surface area contributed by atoms with Crippen LogP contribution < -0.4 is 20.2 Å². The zero-order valence-electron chi connectivity index (χ0n) is 19.2. The summed E-state index contributed by atoms with van der Waals surface area (Å²) in [6.45, 7) is 3.87. The highest BCUT2D eigenvalue weighted by molar-refractivity contribution is 7.89. The van der Waals surface area contributed by atoms with Gasteiger partial charge in [0.05, 0.1) is 23.6 Å². The summed E-state index contributed by atoms with van der Waals surface area (Å²) in [6.07, 6.45) is 1.51. The van der Waals surface area contributed by atoms with E-state index >= 15 is 0 Å². The van der Waals surface area contributed by atoms with Crippen molar-refractivity contribution in [1.29, 1.82) is 0 Å². The van der Waals surface area contributed by atoms with Gasteiger partial charge < -0.3 is 24.1 Å². The Kier molecular flexibility index (Phi) is 6.22. The van der Waals surface area contributed by atoms with E-state index in [2.05, 4.69) is 5.32 Å². The lowest BCUT2D eigenvalue weighted by atomic mass is 10.1. The standard InChI is InChI=1S/C24H25N3O7S/c1-2-26-14-19(24(29)25-13-16-3-6-21-22(11-16)34-15-33-21)23(28)18-12-17(4-5-20(18)26)35(30,31)27-7-9-32-10-8-27/h3-6,11-12,14H,2,7-10,13,15H2,1H3,(H,25,29). The molecule has 3 heterocycles. The molecule has 1 amide bonds. The summed E-state index contributed by atoms with van der Waals surface area (Å²) in [7, 11) is -3.79. The minimum atomic E-state index is -3.79. The number of hydrogen-bond donors (Lipinski definition) is 1. The van der Waals surface area contributed by atoms with Gasteiger partial charge in [-0.25, -0.2) is 8.42 Å². The monoisotopic (exact) mass is 499 g/mol. The number of sulfonamides is 1. The summed E-state index contributed by atoms with van der Waals surface area (Å²) in [6, 6.07) is 9.82. The number of nitrogens with zero attached hydrogens (tertiary/aromatic N) is 2. The molecule has 10 nitrogen and oxygen atoms in total. The Morgan fingerprint density at radius 3 is 2.60 bits per heavy atom. The van der Waals surface area contributed by atoms with Gasteiger partial charge in [0.2, 0.25) is 22.2 Å². The minimum absolute atomic E-state index is 0.0181. The van der Waals surface area contributed by atoms with Crippen LogP contribution in [0.25, 0.3) is 10.9 Å². The van der Waals surface area contributed by atoms with Gasteiger partial charge in [-0.15, -0.1) is 0 Å². The number of pyridine rings is 1. The lowest BCUT2D eigenvalue weighted by molar-refractivity contribution is 0.0730. The van der Waals surface area contributed by atoms with E-state index in [1.807, 2.05) is 6.92 Å². The maximum atomic E-state index is 13.3. The Hall–Kier alpha value is -3.41. The highest BCUT2D eigenvalue weighted by atomic mass is 32.2. The molecule has 0 unspecified atom stereocenters. The molecule has 1 N–H and O–H groups in total. The molecule has 2 aromatic carbocycles. The Morgan fingerprint density at radius 1 is 1.06 bits per heavy atom. The Labute approximate surface area is 202 Å². The molecule has 3 aromatic rings. The van der Waals surface area contributed by atoms with E-state index in [-0.39, 0.29) is 42.3 Å². The average molecular weight is 500 g/mol. The first-order valence-electron chi connectivity index (χ1n) is 11.3. The van der Waals surface area contributed by atoms with Crippen molar-refractivity contribution in [2.24, 2.45) is 0 Å². The van der Waals surface area contributed by atoms with Gasteiger partial charge in [-0.3, -0.25) is 9.59 Å². The predicted molar refractivity (Wildman–Crippen MR) is 127 cm³/mol. The van der Waals surface area contributed by atoms with E-state index in [1.165, 1.54) is 22.6 Å². The van der Waals surface area contributed by atoms with Crippen LogP contribution in [0.5, 0.6) is 11.5 Å². The molecule has 1 fully saturated rings. The summed E-state index contributed by atoms with van der Waals surface area (Å²) in [5, 5.41) is 2.95. The molecule has 11 heteroatoms. The van der Waals surface area contributed by atoms with Crippen molar-refractivity contribution >= 4 is 26.8 Å². The fraction of sp³-hybridized carbons (Fsp3) is 0.333. The lowest BCUT2D eigenvalue weighted by Crippen LogP contribution is -2.40. The number of aromatic nitrogens is 1. The third-order valence-corrected chi connectivity index (χ3v) is 8.03. The molecule has 0 spiro atoms. The molecule has 1 saturated heterocycles. The second kappa shape index (κ2) is 9.33. The third-order valence-electron chi connectivity index (χ3n) is 6.13. The molecule has 0 radical (unpaired) electrons. The van der Waals surface area contributed by atoms with Crippen LogP contribution in [-0.4, -0.2) is 56.3 Å². The number of nitrogens with one attached hydrogen (secondary N) is 1. The van der Waals surface area contributed by atoms with Crippen LogP contribution in [0.1, 0.15) is 22.8 Å². The van der Waals surface area contributed by atoms with E-state index in [9.17, 15) is 18.0 Å². The first-order chi connectivity index (χ1) is 16.9. The minimum Gasteiger partial charge on any atom is -0.454 e. The topological polar surface area (TPSA) is 116 Å². The molecule has 0 saturated carbocycles. The van der Waals surface area contributed by atoms with E-state index in [1.54, 1.807) is 28.8 Å². The Bertz CT molecular complexity index is 1460. The number of amides is 1. The third kappa shape index (κ3) is 4.38. The second-order valence-corrected chi connectivity index (χ2v) is 10.2. The SMILES string of the molecule is CCn1cc(C(=O)NCc2ccc3c(c2)OCO3)c(=O)c2cc(S(=O)(=O)N3CCOCC3)ccc21. The summed E-state index contributed by atoms with van der Waals surface area (Å²) in [5.41, 5.74) is 0.775. The van der Waals surface area contributed by atoms with Crippen LogP contribution in [0.4, 0.5) is 0 Å². The highest BCUT2D eigenvalue weighted by Crippen LogP contribution is 2.32. The number of carbonyl (C=O) groups excluding carboxylic acids is 1. The summed E-state index contributed by atoms with van der Waals surface area (Å²) in [5.74, 6) is 0.700. The van der Waals surface area contributed by atoms with Crippen LogP contribution in [0.15, 0.2) is 52.3 Å². The number of rotatable bonds is 6. The fourth-order valence-corrected chi connectivity index (χ4v) is 5.66. The maximum absolute atomic E-state index is 13.3. The van der Waals surface area contributed by atoms with Gasteiger partial charge in [-0.05, 0) is 42.8 Å². The smallest absolute Gasteiger partial charge is 0.257 e. The van der Waals surface area contributed by atoms with E-state index in [0.717, 1.165) is 5.56 Å². The molecule has 0 atom stereocenters. The molecule has 1 aromatic heterocycles. The van der Waals surface area contributed by atoms with E-state index < -0.39 is 21.4 Å². The molecule has 0 aliphatic carbocycles. The zero-order chi connectivity index (χ0) is 24.6. The molecule has 2 aliphatic heterocycles. The van der Waals surface area contributed by atoms with Crippen molar-refractivity contribution in [2.45, 2.75) is 24.9 Å². The highest BCUT2D eigenvalue weighted by Gasteiger charge is 2.27. The molecule has 184 valence electrons. The lowest BCUT2D eigenvalue weighted by Gasteiger charge is -2.26. The first kappa shape index (κ1) is 23.3. The van der Waals surface area contributed by atoms with Crippen LogP contribution >= 0.6 is 0 Å². The van der Waals surface area contributed by atoms with Crippen LogP contribution in [0.3, 0.4) is 0 Å². The first-order valence-corrected chi connectivity index (χ1v) is 12.7. The van der Waals surface area contributed by atoms with Gasteiger partial charge in [0.15, 0.2) is 11.5 Å². The quantitative estimate of drug-likeness (QED) is 0.549. The Morgan fingerprint density at radius 2 is 1.83 bits per heavy atom. The number of aryl methyl sites for hydroxylation is 1. The molecule has 35 heavy (non-hydrogen) atoms. The number of carbonyl (C=O) groups is 1. The number of benzene rings is 2. The van der Waals surface area contributed by atoms with Crippen molar-refractivity contribution < 1.29 is 27.4 Å². The van der Waals surface area contributed by atoms with E-state index in [4.69, 9.17) is 14.2 Å². The zero-order valence-corrected chi connectivity index (χ0v) is 20.0. The van der Waals surface area contributed by atoms with Crippen molar-refractivity contribution in [1.82, 2.24) is 14.2 Å². The van der Waals surface area contributed by atoms with Crippen molar-refractivity contribution in [3.63, 3.8) is 0 Å². The fourth-order valence-electron chi connectivity index (χ4n) is 4.22. The van der Waals surface area contributed by atoms with Gasteiger partial charge >= 0.3 is 0 Å².